The summed E-state index contributed by atoms with van der Waals surface area (Å²) in [4.78, 5) is 25.0. The van der Waals surface area contributed by atoms with Gasteiger partial charge in [0.25, 0.3) is 11.8 Å². The maximum absolute atomic E-state index is 12.5. The Morgan fingerprint density at radius 2 is 0.906 bits per heavy atom. The van der Waals surface area contributed by atoms with E-state index < -0.39 is 0 Å². The fraction of sp³-hybridized carbons (Fsp3) is 0.417. The number of nitrogens with one attached hydrogen (secondary N) is 2. The molecule has 2 aromatic rings. The van der Waals surface area contributed by atoms with Gasteiger partial charge in [-0.2, -0.15) is 0 Å². The number of benzene rings is 2. The number of ether oxygens (including phenoxy) is 4. The summed E-state index contributed by atoms with van der Waals surface area (Å²) < 4.78 is 21.1. The van der Waals surface area contributed by atoms with Crippen LogP contribution in [0.4, 0.5) is 0 Å². The molecule has 0 saturated heterocycles. The van der Waals surface area contributed by atoms with E-state index >= 15 is 0 Å². The minimum Gasteiger partial charge on any atom is -0.496 e. The smallest absolute Gasteiger partial charge is 0.258 e. The molecule has 0 aliphatic rings. The summed E-state index contributed by atoms with van der Waals surface area (Å²) in [6.45, 7) is 1.09. The Morgan fingerprint density at radius 3 is 1.19 bits per heavy atom. The number of hydrogen-bond donors (Lipinski definition) is 2. The van der Waals surface area contributed by atoms with Crippen molar-refractivity contribution in [3.05, 3.63) is 47.5 Å². The predicted molar refractivity (Wildman–Crippen MR) is 122 cm³/mol. The van der Waals surface area contributed by atoms with Crippen LogP contribution in [-0.4, -0.2) is 53.3 Å². The van der Waals surface area contributed by atoms with E-state index in [0.29, 0.717) is 47.2 Å². The van der Waals surface area contributed by atoms with E-state index in [9.17, 15) is 9.59 Å². The molecule has 2 aromatic carbocycles. The zero-order valence-corrected chi connectivity index (χ0v) is 19.2. The first-order valence-electron chi connectivity index (χ1n) is 10.6. The van der Waals surface area contributed by atoms with E-state index in [1.54, 1.807) is 36.4 Å². The molecule has 0 aliphatic heterocycles. The van der Waals surface area contributed by atoms with Crippen molar-refractivity contribution in [3.8, 4) is 23.0 Å². The maximum atomic E-state index is 12.5. The van der Waals surface area contributed by atoms with Crippen LogP contribution in [0.2, 0.25) is 0 Å². The fourth-order valence-corrected chi connectivity index (χ4v) is 3.33. The van der Waals surface area contributed by atoms with Gasteiger partial charge in [0.2, 0.25) is 0 Å². The minimum absolute atomic E-state index is 0.225. The van der Waals surface area contributed by atoms with Crippen LogP contribution >= 0.6 is 0 Å². The molecule has 0 aromatic heterocycles. The van der Waals surface area contributed by atoms with Crippen molar-refractivity contribution in [1.29, 1.82) is 0 Å². The zero-order chi connectivity index (χ0) is 23.3. The van der Waals surface area contributed by atoms with E-state index in [1.807, 2.05) is 0 Å². The number of unbranched alkanes of at least 4 members (excludes halogenated alkanes) is 3. The monoisotopic (exact) mass is 444 g/mol. The van der Waals surface area contributed by atoms with Crippen molar-refractivity contribution in [1.82, 2.24) is 10.6 Å². The highest BCUT2D eigenvalue weighted by Crippen LogP contribution is 2.28. The standard InChI is InChI=1S/C24H32N2O6/c1-29-17-11-9-12-18(30-2)21(17)23(27)25-15-7-5-6-8-16-26-24(28)22-19(31-3)13-10-14-20(22)32-4/h9-14H,5-8,15-16H2,1-4H3,(H,25,27)(H,26,28). The van der Waals surface area contributed by atoms with E-state index in [0.717, 1.165) is 25.7 Å². The fourth-order valence-electron chi connectivity index (χ4n) is 3.33. The van der Waals surface area contributed by atoms with E-state index in [-0.39, 0.29) is 11.8 Å². The summed E-state index contributed by atoms with van der Waals surface area (Å²) >= 11 is 0. The van der Waals surface area contributed by atoms with E-state index in [1.165, 1.54) is 28.4 Å². The molecular formula is C24H32N2O6. The molecule has 0 spiro atoms. The van der Waals surface area contributed by atoms with Gasteiger partial charge in [0.15, 0.2) is 0 Å². The molecule has 0 radical (unpaired) electrons. The molecule has 2 amide bonds. The Labute approximate surface area is 189 Å². The molecule has 0 unspecified atom stereocenters. The second-order valence-electron chi connectivity index (χ2n) is 7.00. The van der Waals surface area contributed by atoms with Crippen molar-refractivity contribution >= 4 is 11.8 Å². The highest BCUT2D eigenvalue weighted by Gasteiger charge is 2.18. The highest BCUT2D eigenvalue weighted by molar-refractivity contribution is 6.00. The molecule has 0 aliphatic carbocycles. The molecule has 0 atom stereocenters. The van der Waals surface area contributed by atoms with Crippen molar-refractivity contribution in [2.24, 2.45) is 0 Å². The largest absolute Gasteiger partial charge is 0.496 e. The Hall–Kier alpha value is -3.42. The molecule has 0 heterocycles. The van der Waals surface area contributed by atoms with Gasteiger partial charge in [0.05, 0.1) is 28.4 Å². The molecule has 32 heavy (non-hydrogen) atoms. The lowest BCUT2D eigenvalue weighted by molar-refractivity contribution is 0.0936. The van der Waals surface area contributed by atoms with Crippen LogP contribution in [-0.2, 0) is 0 Å². The van der Waals surface area contributed by atoms with Crippen molar-refractivity contribution in [2.75, 3.05) is 41.5 Å². The summed E-state index contributed by atoms with van der Waals surface area (Å²) in [6.07, 6.45) is 3.52. The lowest BCUT2D eigenvalue weighted by Gasteiger charge is -2.13. The number of amides is 2. The van der Waals surface area contributed by atoms with Crippen LogP contribution < -0.4 is 29.6 Å². The van der Waals surface area contributed by atoms with E-state index in [4.69, 9.17) is 18.9 Å². The number of rotatable bonds is 13. The van der Waals surface area contributed by atoms with Crippen LogP contribution in [0.25, 0.3) is 0 Å². The van der Waals surface area contributed by atoms with Gasteiger partial charge in [-0.05, 0) is 37.1 Å². The second kappa shape index (κ2) is 13.1. The lowest BCUT2D eigenvalue weighted by atomic mass is 10.1. The average molecular weight is 445 g/mol. The van der Waals surface area contributed by atoms with Gasteiger partial charge in [-0.25, -0.2) is 0 Å². The minimum atomic E-state index is -0.225. The lowest BCUT2D eigenvalue weighted by Crippen LogP contribution is -2.26. The van der Waals surface area contributed by atoms with Crippen molar-refractivity contribution in [3.63, 3.8) is 0 Å². The quantitative estimate of drug-likeness (QED) is 0.460. The number of hydrogen-bond acceptors (Lipinski definition) is 6. The van der Waals surface area contributed by atoms with Crippen LogP contribution in [0.1, 0.15) is 46.4 Å². The van der Waals surface area contributed by atoms with Gasteiger partial charge < -0.3 is 29.6 Å². The third-order valence-electron chi connectivity index (χ3n) is 4.98. The number of carbonyl (C=O) groups excluding carboxylic acids is 2. The molecular weight excluding hydrogens is 412 g/mol. The third kappa shape index (κ3) is 6.54. The topological polar surface area (TPSA) is 95.1 Å². The zero-order valence-electron chi connectivity index (χ0n) is 19.2. The Morgan fingerprint density at radius 1 is 0.594 bits per heavy atom. The first kappa shape index (κ1) is 24.8. The molecule has 2 rings (SSSR count). The molecule has 8 heteroatoms. The van der Waals surface area contributed by atoms with Crippen LogP contribution in [0.15, 0.2) is 36.4 Å². The van der Waals surface area contributed by atoms with Crippen molar-refractivity contribution < 1.29 is 28.5 Å². The second-order valence-corrected chi connectivity index (χ2v) is 7.00. The summed E-state index contributed by atoms with van der Waals surface area (Å²) in [5.41, 5.74) is 0.791. The molecule has 8 nitrogen and oxygen atoms in total. The van der Waals surface area contributed by atoms with Gasteiger partial charge in [-0.15, -0.1) is 0 Å². The first-order chi connectivity index (χ1) is 15.6. The van der Waals surface area contributed by atoms with E-state index in [2.05, 4.69) is 10.6 Å². The van der Waals surface area contributed by atoms with Crippen LogP contribution in [0.3, 0.4) is 0 Å². The summed E-state index contributed by atoms with van der Waals surface area (Å²) in [5.74, 6) is 1.46. The molecule has 0 bridgehead atoms. The molecule has 2 N–H and O–H groups in total. The van der Waals surface area contributed by atoms with Gasteiger partial charge in [-0.3, -0.25) is 9.59 Å². The Bertz CT molecular complexity index is 782. The Balaban J connectivity index is 1.70. The van der Waals surface area contributed by atoms with Gasteiger partial charge in [0.1, 0.15) is 34.1 Å². The van der Waals surface area contributed by atoms with Crippen LogP contribution in [0, 0.1) is 0 Å². The van der Waals surface area contributed by atoms with Gasteiger partial charge in [0, 0.05) is 13.1 Å². The van der Waals surface area contributed by atoms with Crippen molar-refractivity contribution in [2.45, 2.75) is 25.7 Å². The highest BCUT2D eigenvalue weighted by atomic mass is 16.5. The molecule has 0 saturated carbocycles. The van der Waals surface area contributed by atoms with Gasteiger partial charge in [-0.1, -0.05) is 25.0 Å². The average Bonchev–Trinajstić information content (AvgIpc) is 2.83. The Kier molecular flexibility index (Phi) is 10.2. The number of methoxy groups -OCH3 is 4. The van der Waals surface area contributed by atoms with Crippen LogP contribution in [0.5, 0.6) is 23.0 Å². The predicted octanol–water partition coefficient (Wildman–Crippen LogP) is 3.44. The number of carbonyl (C=O) groups is 2. The summed E-state index contributed by atoms with van der Waals surface area (Å²) in [5, 5.41) is 5.82. The third-order valence-corrected chi connectivity index (χ3v) is 4.98. The first-order valence-corrected chi connectivity index (χ1v) is 10.6. The maximum Gasteiger partial charge on any atom is 0.258 e. The molecule has 0 fully saturated rings. The normalized spacial score (nSPS) is 10.2. The van der Waals surface area contributed by atoms with Gasteiger partial charge >= 0.3 is 0 Å². The summed E-state index contributed by atoms with van der Waals surface area (Å²) in [6, 6.07) is 10.5. The summed E-state index contributed by atoms with van der Waals surface area (Å²) in [7, 11) is 6.09. The SMILES string of the molecule is COc1cccc(OC)c1C(=O)NCCCCCCNC(=O)c1c(OC)cccc1OC. The molecule has 174 valence electrons.